The molecule has 0 radical (unpaired) electrons. The van der Waals surface area contributed by atoms with Gasteiger partial charge in [-0.15, -0.1) is 0 Å². The second-order valence-corrected chi connectivity index (χ2v) is 7.55. The van der Waals surface area contributed by atoms with Crippen LogP contribution in [-0.4, -0.2) is 34.1 Å². The Morgan fingerprint density at radius 3 is 1.53 bits per heavy atom. The lowest BCUT2D eigenvalue weighted by Gasteiger charge is -2.09. The number of hydrogen-bond donors (Lipinski definition) is 0. The van der Waals surface area contributed by atoms with Crippen LogP contribution in [-0.2, 0) is 0 Å². The molecule has 7 heteroatoms. The van der Waals surface area contributed by atoms with Crippen LogP contribution in [0.2, 0.25) is 0 Å². The predicted octanol–water partition coefficient (Wildman–Crippen LogP) is 4.86. The molecule has 4 aromatic heterocycles. The summed E-state index contributed by atoms with van der Waals surface area (Å²) in [6, 6.07) is 22.9. The highest BCUT2D eigenvalue weighted by atomic mass is 15.2. The SMILES string of the molecule is c1cnc(-n2c3ccccc3c3ccc4c5ccccc5n(-c5ncncn5)c4c32)nc1. The average molecular weight is 413 g/mol. The van der Waals surface area contributed by atoms with E-state index in [0.717, 1.165) is 43.6 Å². The molecule has 0 saturated heterocycles. The van der Waals surface area contributed by atoms with Crippen molar-refractivity contribution in [1.29, 1.82) is 0 Å². The molecule has 32 heavy (non-hydrogen) atoms. The van der Waals surface area contributed by atoms with Crippen LogP contribution in [0.15, 0.2) is 91.8 Å². The zero-order chi connectivity index (χ0) is 21.1. The lowest BCUT2D eigenvalue weighted by Crippen LogP contribution is -2.04. The van der Waals surface area contributed by atoms with Crippen molar-refractivity contribution in [2.24, 2.45) is 0 Å². The fraction of sp³-hybridized carbons (Fsp3) is 0. The van der Waals surface area contributed by atoms with Gasteiger partial charge in [0.2, 0.25) is 11.9 Å². The van der Waals surface area contributed by atoms with E-state index in [-0.39, 0.29) is 0 Å². The standard InChI is InChI=1S/C25H15N7/c1-3-8-20-16(6-1)18-10-11-19-17-7-2-4-9-21(17)32(25-29-14-26-15-30-25)23(19)22(18)31(20)24-27-12-5-13-28-24/h1-15H. The molecule has 0 aliphatic heterocycles. The normalized spacial score (nSPS) is 11.8. The van der Waals surface area contributed by atoms with Crippen LogP contribution in [0.5, 0.6) is 0 Å². The van der Waals surface area contributed by atoms with Gasteiger partial charge in [0.1, 0.15) is 12.7 Å². The van der Waals surface area contributed by atoms with Gasteiger partial charge in [-0.3, -0.25) is 9.13 Å². The van der Waals surface area contributed by atoms with Crippen LogP contribution in [0.3, 0.4) is 0 Å². The number of rotatable bonds is 2. The quantitative estimate of drug-likeness (QED) is 0.405. The molecule has 0 fully saturated rings. The van der Waals surface area contributed by atoms with Gasteiger partial charge in [-0.25, -0.2) is 24.9 Å². The summed E-state index contributed by atoms with van der Waals surface area (Å²) in [5.74, 6) is 1.20. The molecule has 0 N–H and O–H groups in total. The highest BCUT2D eigenvalue weighted by molar-refractivity contribution is 6.23. The number of hydrogen-bond acceptors (Lipinski definition) is 5. The Morgan fingerprint density at radius 2 is 0.969 bits per heavy atom. The van der Waals surface area contributed by atoms with Crippen LogP contribution >= 0.6 is 0 Å². The van der Waals surface area contributed by atoms with E-state index in [1.165, 1.54) is 12.7 Å². The van der Waals surface area contributed by atoms with Crippen LogP contribution in [0.1, 0.15) is 0 Å². The summed E-state index contributed by atoms with van der Waals surface area (Å²) in [5.41, 5.74) is 4.12. The molecule has 0 amide bonds. The smallest absolute Gasteiger partial charge is 0.237 e. The molecule has 3 aromatic carbocycles. The first-order valence-electron chi connectivity index (χ1n) is 10.3. The summed E-state index contributed by atoms with van der Waals surface area (Å²) < 4.78 is 4.23. The summed E-state index contributed by atoms with van der Waals surface area (Å²) >= 11 is 0. The number of para-hydroxylation sites is 2. The van der Waals surface area contributed by atoms with Crippen molar-refractivity contribution in [3.8, 4) is 11.9 Å². The molecule has 7 rings (SSSR count). The third kappa shape index (κ3) is 2.22. The maximum Gasteiger partial charge on any atom is 0.237 e. The Labute approximate surface area is 181 Å². The van der Waals surface area contributed by atoms with Crippen molar-refractivity contribution < 1.29 is 0 Å². The summed E-state index contributed by atoms with van der Waals surface area (Å²) in [7, 11) is 0. The Kier molecular flexibility index (Phi) is 3.43. The molecule has 0 atom stereocenters. The molecule has 7 nitrogen and oxygen atoms in total. The first-order chi connectivity index (χ1) is 15.9. The number of nitrogens with zero attached hydrogens (tertiary/aromatic N) is 7. The van der Waals surface area contributed by atoms with E-state index in [2.05, 4.69) is 82.6 Å². The lowest BCUT2D eigenvalue weighted by molar-refractivity contribution is 0.936. The van der Waals surface area contributed by atoms with Crippen molar-refractivity contribution >= 4 is 43.6 Å². The van der Waals surface area contributed by atoms with Crippen molar-refractivity contribution in [2.45, 2.75) is 0 Å². The van der Waals surface area contributed by atoms with Crippen molar-refractivity contribution in [3.05, 3.63) is 91.8 Å². The largest absolute Gasteiger partial charge is 0.276 e. The van der Waals surface area contributed by atoms with Gasteiger partial charge in [0.15, 0.2) is 0 Å². The molecular weight excluding hydrogens is 398 g/mol. The molecule has 7 aromatic rings. The van der Waals surface area contributed by atoms with E-state index in [9.17, 15) is 0 Å². The van der Waals surface area contributed by atoms with Gasteiger partial charge in [0.25, 0.3) is 0 Å². The summed E-state index contributed by atoms with van der Waals surface area (Å²) in [6.45, 7) is 0. The van der Waals surface area contributed by atoms with Crippen molar-refractivity contribution in [1.82, 2.24) is 34.1 Å². The summed E-state index contributed by atoms with van der Waals surface area (Å²) in [5, 5.41) is 4.52. The monoisotopic (exact) mass is 413 g/mol. The zero-order valence-electron chi connectivity index (χ0n) is 16.8. The van der Waals surface area contributed by atoms with Crippen LogP contribution in [0, 0.1) is 0 Å². The molecule has 4 heterocycles. The van der Waals surface area contributed by atoms with Gasteiger partial charge in [-0.05, 0) is 18.2 Å². The van der Waals surface area contributed by atoms with E-state index in [0.29, 0.717) is 11.9 Å². The number of fused-ring (bicyclic) bond motifs is 7. The van der Waals surface area contributed by atoms with Crippen molar-refractivity contribution in [2.75, 3.05) is 0 Å². The molecule has 0 unspecified atom stereocenters. The minimum absolute atomic E-state index is 0.574. The van der Waals surface area contributed by atoms with Gasteiger partial charge < -0.3 is 0 Å². The number of aromatic nitrogens is 7. The van der Waals surface area contributed by atoms with Gasteiger partial charge in [0, 0.05) is 33.9 Å². The van der Waals surface area contributed by atoms with E-state index in [4.69, 9.17) is 0 Å². The molecule has 0 aliphatic rings. The highest BCUT2D eigenvalue weighted by Gasteiger charge is 2.22. The average Bonchev–Trinajstić information content (AvgIpc) is 3.38. The van der Waals surface area contributed by atoms with Gasteiger partial charge in [0.05, 0.1) is 22.1 Å². The minimum atomic E-state index is 0.574. The predicted molar refractivity (Wildman–Crippen MR) is 124 cm³/mol. The Bertz CT molecular complexity index is 1630. The summed E-state index contributed by atoms with van der Waals surface area (Å²) in [6.07, 6.45) is 6.59. The van der Waals surface area contributed by atoms with E-state index in [1.807, 2.05) is 18.2 Å². The fourth-order valence-electron chi connectivity index (χ4n) is 4.67. The van der Waals surface area contributed by atoms with E-state index < -0.39 is 0 Å². The van der Waals surface area contributed by atoms with Gasteiger partial charge in [-0.1, -0.05) is 48.5 Å². The van der Waals surface area contributed by atoms with Gasteiger partial charge >= 0.3 is 0 Å². The van der Waals surface area contributed by atoms with Crippen LogP contribution < -0.4 is 0 Å². The maximum atomic E-state index is 4.59. The second-order valence-electron chi connectivity index (χ2n) is 7.55. The Balaban J connectivity index is 1.81. The van der Waals surface area contributed by atoms with Crippen molar-refractivity contribution in [3.63, 3.8) is 0 Å². The molecule has 150 valence electrons. The zero-order valence-corrected chi connectivity index (χ0v) is 16.8. The fourth-order valence-corrected chi connectivity index (χ4v) is 4.67. The lowest BCUT2D eigenvalue weighted by atomic mass is 10.1. The third-order valence-corrected chi connectivity index (χ3v) is 5.90. The van der Waals surface area contributed by atoms with E-state index >= 15 is 0 Å². The first-order valence-corrected chi connectivity index (χ1v) is 10.3. The van der Waals surface area contributed by atoms with E-state index in [1.54, 1.807) is 12.4 Å². The minimum Gasteiger partial charge on any atom is -0.276 e. The van der Waals surface area contributed by atoms with Crippen LogP contribution in [0.4, 0.5) is 0 Å². The maximum absolute atomic E-state index is 4.59. The molecule has 0 saturated carbocycles. The molecule has 0 bridgehead atoms. The molecule has 0 spiro atoms. The van der Waals surface area contributed by atoms with Crippen LogP contribution in [0.25, 0.3) is 55.5 Å². The number of benzene rings is 3. The second kappa shape index (κ2) is 6.42. The third-order valence-electron chi connectivity index (χ3n) is 5.90. The molecule has 0 aliphatic carbocycles. The highest BCUT2D eigenvalue weighted by Crippen LogP contribution is 2.40. The summed E-state index contributed by atoms with van der Waals surface area (Å²) in [4.78, 5) is 22.2. The Morgan fingerprint density at radius 1 is 0.469 bits per heavy atom. The Hall–Kier alpha value is -4.65. The first kappa shape index (κ1) is 17.1. The molecular formula is C25H15N7. The topological polar surface area (TPSA) is 74.3 Å². The van der Waals surface area contributed by atoms with Gasteiger partial charge in [-0.2, -0.15) is 0 Å².